The Labute approximate surface area is 173 Å². The molecule has 4 rings (SSSR count). The van der Waals surface area contributed by atoms with Gasteiger partial charge in [0.05, 0.1) is 15.8 Å². The van der Waals surface area contributed by atoms with Crippen LogP contribution in [0.4, 0.5) is 0 Å². The quantitative estimate of drug-likeness (QED) is 0.652. The Morgan fingerprint density at radius 2 is 2.04 bits per heavy atom. The van der Waals surface area contributed by atoms with E-state index in [1.54, 1.807) is 28.8 Å². The summed E-state index contributed by atoms with van der Waals surface area (Å²) in [7, 11) is 0. The van der Waals surface area contributed by atoms with Gasteiger partial charge in [0, 0.05) is 36.7 Å². The third kappa shape index (κ3) is 3.94. The van der Waals surface area contributed by atoms with Crippen LogP contribution in [-0.4, -0.2) is 61.4 Å². The van der Waals surface area contributed by atoms with Gasteiger partial charge in [0.15, 0.2) is 11.5 Å². The monoisotopic (exact) mass is 438 g/mol. The van der Waals surface area contributed by atoms with Crippen LogP contribution in [0.3, 0.4) is 0 Å². The van der Waals surface area contributed by atoms with E-state index in [2.05, 4.69) is 10.3 Å². The smallest absolute Gasteiger partial charge is 0.356 e. The lowest BCUT2D eigenvalue weighted by Gasteiger charge is -2.26. The molecule has 0 radical (unpaired) electrons. The number of hydrogen-bond donors (Lipinski definition) is 1. The van der Waals surface area contributed by atoms with E-state index in [1.165, 1.54) is 22.1 Å². The van der Waals surface area contributed by atoms with Crippen molar-refractivity contribution < 1.29 is 19.2 Å². The molecule has 0 aromatic carbocycles. The van der Waals surface area contributed by atoms with Crippen LogP contribution >= 0.6 is 34.7 Å². The number of carbonyl (C=O) groups is 2. The summed E-state index contributed by atoms with van der Waals surface area (Å²) in [6.45, 7) is 1.38. The minimum Gasteiger partial charge on any atom is -0.476 e. The SMILES string of the molecule is O=C(O)c1cc(C(=O)N2CCSCC2)n(Cc2cc(-c3ccc(Cl)s3)on2)n1. The third-order valence-corrected chi connectivity index (χ3v) is 6.39. The first kappa shape index (κ1) is 19.0. The van der Waals surface area contributed by atoms with E-state index in [0.29, 0.717) is 28.9 Å². The fourth-order valence-corrected chi connectivity index (χ4v) is 4.74. The molecular weight excluding hydrogens is 424 g/mol. The molecule has 4 heterocycles. The number of nitrogens with zero attached hydrogens (tertiary/aromatic N) is 4. The standard InChI is InChI=1S/C17H15ClN4O4S2/c18-15-2-1-14(28-15)13-7-10(20-26-13)9-22-12(8-11(19-22)17(24)25)16(23)21-3-5-27-6-4-21/h1-2,7-8H,3-6,9H2,(H,24,25). The number of carboxylic acid groups (broad SMARTS) is 1. The van der Waals surface area contributed by atoms with Gasteiger partial charge in [-0.05, 0) is 12.1 Å². The normalized spacial score (nSPS) is 14.4. The van der Waals surface area contributed by atoms with Gasteiger partial charge in [-0.15, -0.1) is 11.3 Å². The Balaban J connectivity index is 1.61. The average molecular weight is 439 g/mol. The number of hydrogen-bond acceptors (Lipinski definition) is 7. The molecule has 0 spiro atoms. The number of amides is 1. The molecule has 3 aromatic heterocycles. The van der Waals surface area contributed by atoms with E-state index >= 15 is 0 Å². The molecule has 1 aliphatic heterocycles. The second-order valence-electron chi connectivity index (χ2n) is 6.07. The highest BCUT2D eigenvalue weighted by Crippen LogP contribution is 2.31. The fourth-order valence-electron chi connectivity index (χ4n) is 2.85. The molecule has 0 bridgehead atoms. The topological polar surface area (TPSA) is 101 Å². The number of carbonyl (C=O) groups excluding carboxylic acids is 1. The molecule has 1 aliphatic rings. The molecule has 0 aliphatic carbocycles. The van der Waals surface area contributed by atoms with Crippen LogP contribution in [0.1, 0.15) is 26.7 Å². The lowest BCUT2D eigenvalue weighted by molar-refractivity contribution is 0.0688. The van der Waals surface area contributed by atoms with Crippen molar-refractivity contribution in [2.24, 2.45) is 0 Å². The lowest BCUT2D eigenvalue weighted by Crippen LogP contribution is -2.39. The van der Waals surface area contributed by atoms with Crippen molar-refractivity contribution in [3.63, 3.8) is 0 Å². The molecule has 1 N–H and O–H groups in total. The molecule has 0 atom stereocenters. The Kier molecular flexibility index (Phi) is 5.42. The molecule has 1 amide bonds. The van der Waals surface area contributed by atoms with Crippen molar-refractivity contribution in [2.75, 3.05) is 24.6 Å². The number of aromatic nitrogens is 3. The van der Waals surface area contributed by atoms with Crippen molar-refractivity contribution in [1.29, 1.82) is 0 Å². The predicted octanol–water partition coefficient (Wildman–Crippen LogP) is 3.19. The second-order valence-corrected chi connectivity index (χ2v) is 9.01. The van der Waals surface area contributed by atoms with Gasteiger partial charge in [0.1, 0.15) is 11.4 Å². The third-order valence-electron chi connectivity index (χ3n) is 4.20. The summed E-state index contributed by atoms with van der Waals surface area (Å²) in [6.07, 6.45) is 0. The Hall–Kier alpha value is -2.30. The zero-order chi connectivity index (χ0) is 19.7. The Bertz CT molecular complexity index is 1020. The van der Waals surface area contributed by atoms with Gasteiger partial charge in [0.25, 0.3) is 5.91 Å². The minimum atomic E-state index is -1.18. The molecule has 3 aromatic rings. The lowest BCUT2D eigenvalue weighted by atomic mass is 10.3. The van der Waals surface area contributed by atoms with Crippen molar-refractivity contribution in [3.05, 3.63) is 45.7 Å². The summed E-state index contributed by atoms with van der Waals surface area (Å²) in [6, 6.07) is 6.64. The van der Waals surface area contributed by atoms with Crippen LogP contribution in [0.15, 0.2) is 28.8 Å². The van der Waals surface area contributed by atoms with Crippen LogP contribution in [-0.2, 0) is 6.54 Å². The average Bonchev–Trinajstić information content (AvgIpc) is 3.42. The van der Waals surface area contributed by atoms with E-state index < -0.39 is 5.97 Å². The van der Waals surface area contributed by atoms with E-state index in [9.17, 15) is 14.7 Å². The highest BCUT2D eigenvalue weighted by molar-refractivity contribution is 7.99. The first-order chi connectivity index (χ1) is 13.5. The number of halogens is 1. The van der Waals surface area contributed by atoms with Gasteiger partial charge < -0.3 is 14.5 Å². The van der Waals surface area contributed by atoms with Crippen LogP contribution in [0, 0.1) is 0 Å². The summed E-state index contributed by atoms with van der Waals surface area (Å²) in [5, 5.41) is 17.4. The van der Waals surface area contributed by atoms with E-state index in [1.807, 2.05) is 6.07 Å². The Morgan fingerprint density at radius 3 is 2.71 bits per heavy atom. The maximum atomic E-state index is 12.9. The molecule has 1 fully saturated rings. The van der Waals surface area contributed by atoms with Gasteiger partial charge in [-0.1, -0.05) is 16.8 Å². The van der Waals surface area contributed by atoms with E-state index in [0.717, 1.165) is 16.4 Å². The molecule has 11 heteroatoms. The van der Waals surface area contributed by atoms with Gasteiger partial charge in [-0.3, -0.25) is 9.48 Å². The van der Waals surface area contributed by atoms with Gasteiger partial charge in [-0.25, -0.2) is 4.79 Å². The van der Waals surface area contributed by atoms with Gasteiger partial charge in [0.2, 0.25) is 0 Å². The zero-order valence-electron chi connectivity index (χ0n) is 14.5. The minimum absolute atomic E-state index is 0.125. The van der Waals surface area contributed by atoms with Crippen molar-refractivity contribution in [3.8, 4) is 10.6 Å². The molecule has 0 unspecified atom stereocenters. The number of rotatable bonds is 5. The fraction of sp³-hybridized carbons (Fsp3) is 0.294. The highest BCUT2D eigenvalue weighted by Gasteiger charge is 2.25. The number of aromatic carboxylic acids is 1. The molecular formula is C17H15ClN4O4S2. The second kappa shape index (κ2) is 7.98. The summed E-state index contributed by atoms with van der Waals surface area (Å²) in [5.74, 6) is 0.868. The van der Waals surface area contributed by atoms with Crippen LogP contribution in [0.25, 0.3) is 10.6 Å². The van der Waals surface area contributed by atoms with Gasteiger partial charge >= 0.3 is 5.97 Å². The summed E-state index contributed by atoms with van der Waals surface area (Å²) in [4.78, 5) is 26.8. The molecule has 8 nitrogen and oxygen atoms in total. The molecule has 28 heavy (non-hydrogen) atoms. The van der Waals surface area contributed by atoms with Crippen molar-refractivity contribution in [1.82, 2.24) is 19.8 Å². The first-order valence-electron chi connectivity index (χ1n) is 8.41. The largest absolute Gasteiger partial charge is 0.476 e. The van der Waals surface area contributed by atoms with Crippen LogP contribution in [0.2, 0.25) is 4.34 Å². The maximum absolute atomic E-state index is 12.9. The van der Waals surface area contributed by atoms with Crippen molar-refractivity contribution >= 4 is 46.6 Å². The van der Waals surface area contributed by atoms with E-state index in [4.69, 9.17) is 16.1 Å². The summed E-state index contributed by atoms with van der Waals surface area (Å²) in [5.41, 5.74) is 0.583. The zero-order valence-corrected chi connectivity index (χ0v) is 16.9. The predicted molar refractivity (Wildman–Crippen MR) is 106 cm³/mol. The van der Waals surface area contributed by atoms with E-state index in [-0.39, 0.29) is 23.8 Å². The summed E-state index contributed by atoms with van der Waals surface area (Å²) < 4.78 is 7.36. The van der Waals surface area contributed by atoms with Gasteiger partial charge in [-0.2, -0.15) is 16.9 Å². The number of thiophene rings is 1. The molecule has 1 saturated heterocycles. The Morgan fingerprint density at radius 1 is 1.25 bits per heavy atom. The van der Waals surface area contributed by atoms with Crippen LogP contribution in [0.5, 0.6) is 0 Å². The number of carboxylic acids is 1. The summed E-state index contributed by atoms with van der Waals surface area (Å²) >= 11 is 9.11. The molecule has 146 valence electrons. The maximum Gasteiger partial charge on any atom is 0.356 e. The van der Waals surface area contributed by atoms with Crippen molar-refractivity contribution in [2.45, 2.75) is 6.54 Å². The molecule has 0 saturated carbocycles. The first-order valence-corrected chi connectivity index (χ1v) is 10.8. The highest BCUT2D eigenvalue weighted by atomic mass is 35.5. The number of thioether (sulfide) groups is 1. The van der Waals surface area contributed by atoms with Crippen LogP contribution < -0.4 is 0 Å².